The highest BCUT2D eigenvalue weighted by molar-refractivity contribution is 8.15. The molecule has 2 N–H and O–H groups in total. The molecule has 1 atom stereocenters. The average molecular weight is 570 g/mol. The number of thioether (sulfide) groups is 1. The van der Waals surface area contributed by atoms with Gasteiger partial charge in [0.1, 0.15) is 22.7 Å². The number of methoxy groups -OCH3 is 2. The third-order valence-electron chi connectivity index (χ3n) is 5.52. The molecule has 7 nitrogen and oxygen atoms in total. The molecule has 10 heteroatoms. The van der Waals surface area contributed by atoms with Crippen molar-refractivity contribution in [2.45, 2.75) is 26.2 Å². The van der Waals surface area contributed by atoms with Crippen molar-refractivity contribution in [1.82, 2.24) is 14.9 Å². The maximum Gasteiger partial charge on any atom is 0.160 e. The molecule has 37 heavy (non-hydrogen) atoms. The summed E-state index contributed by atoms with van der Waals surface area (Å²) in [5.41, 5.74) is 2.20. The van der Waals surface area contributed by atoms with Crippen LogP contribution in [0, 0.1) is 0 Å². The van der Waals surface area contributed by atoms with Crippen molar-refractivity contribution in [3.05, 3.63) is 69.8 Å². The minimum absolute atomic E-state index is 0.276. The van der Waals surface area contributed by atoms with Crippen molar-refractivity contribution in [2.75, 3.05) is 59.3 Å². The zero-order chi connectivity index (χ0) is 26.9. The molecule has 0 fully saturated rings. The number of rotatable bonds is 18. The largest absolute Gasteiger partial charge is 0.493 e. The molecule has 0 aromatic heterocycles. The number of ether oxygens (including phenoxy) is 3. The van der Waals surface area contributed by atoms with Crippen molar-refractivity contribution in [1.29, 1.82) is 0 Å². The Morgan fingerprint density at radius 2 is 2.05 bits per heavy atom. The Balaban J connectivity index is 1.84. The minimum Gasteiger partial charge on any atom is -0.493 e. The van der Waals surface area contributed by atoms with E-state index in [9.17, 15) is 4.21 Å². The van der Waals surface area contributed by atoms with Gasteiger partial charge in [0.15, 0.2) is 11.5 Å². The fourth-order valence-corrected chi connectivity index (χ4v) is 5.79. The quantitative estimate of drug-likeness (QED) is 0.147. The molecule has 0 aliphatic heterocycles. The van der Waals surface area contributed by atoms with Crippen LogP contribution < -0.4 is 19.5 Å². The van der Waals surface area contributed by atoms with Gasteiger partial charge < -0.3 is 24.4 Å². The number of allylic oxidation sites excluding steroid dienone is 5. The Morgan fingerprint density at radius 3 is 2.78 bits per heavy atom. The lowest BCUT2D eigenvalue weighted by Crippen LogP contribution is -2.23. The van der Waals surface area contributed by atoms with Crippen molar-refractivity contribution in [2.24, 2.45) is 0 Å². The number of alkyl halides is 1. The summed E-state index contributed by atoms with van der Waals surface area (Å²) in [6, 6.07) is 5.77. The summed E-state index contributed by atoms with van der Waals surface area (Å²) in [6.45, 7) is 5.61. The second-order valence-electron chi connectivity index (χ2n) is 8.13. The van der Waals surface area contributed by atoms with E-state index in [0.29, 0.717) is 34.6 Å². The SMILES string of the molecule is CCNCCCN(C)C1=CCC=CC(OCS/C(=C\CCl)S(=O)NCCc2ccc(OC)c(OC)c2)=C1. The van der Waals surface area contributed by atoms with E-state index in [2.05, 4.69) is 47.1 Å². The fourth-order valence-electron chi connectivity index (χ4n) is 3.53. The summed E-state index contributed by atoms with van der Waals surface area (Å²) in [4.78, 5) is 2.25. The van der Waals surface area contributed by atoms with Crippen LogP contribution in [0.3, 0.4) is 0 Å². The summed E-state index contributed by atoms with van der Waals surface area (Å²) < 4.78 is 33.3. The molecular weight excluding hydrogens is 530 g/mol. The van der Waals surface area contributed by atoms with E-state index >= 15 is 0 Å². The van der Waals surface area contributed by atoms with E-state index in [0.717, 1.165) is 49.5 Å². The normalized spacial score (nSPS) is 14.5. The number of nitrogens with zero attached hydrogens (tertiary/aromatic N) is 1. The van der Waals surface area contributed by atoms with E-state index in [1.807, 2.05) is 24.3 Å². The first-order valence-electron chi connectivity index (χ1n) is 12.4. The highest BCUT2D eigenvalue weighted by atomic mass is 35.5. The topological polar surface area (TPSA) is 72.1 Å². The molecule has 0 saturated carbocycles. The molecule has 206 valence electrons. The van der Waals surface area contributed by atoms with Crippen molar-refractivity contribution < 1.29 is 18.4 Å². The van der Waals surface area contributed by atoms with Gasteiger partial charge in [-0.15, -0.1) is 11.6 Å². The summed E-state index contributed by atoms with van der Waals surface area (Å²) >= 11 is 7.32. The number of likely N-dealkylation sites (N-methyl/N-ethyl adjacent to an activating group) is 1. The van der Waals surface area contributed by atoms with Crippen LogP contribution in [-0.2, 0) is 22.1 Å². The van der Waals surface area contributed by atoms with Gasteiger partial charge in [0.25, 0.3) is 0 Å². The van der Waals surface area contributed by atoms with E-state index < -0.39 is 11.0 Å². The summed E-state index contributed by atoms with van der Waals surface area (Å²) in [7, 11) is 3.94. The van der Waals surface area contributed by atoms with Crippen LogP contribution in [0.25, 0.3) is 0 Å². The van der Waals surface area contributed by atoms with E-state index in [-0.39, 0.29) is 5.88 Å². The molecule has 1 aromatic rings. The third kappa shape index (κ3) is 11.6. The molecule has 1 aliphatic rings. The highest BCUT2D eigenvalue weighted by Gasteiger charge is 2.11. The number of nitrogens with one attached hydrogen (secondary N) is 2. The highest BCUT2D eigenvalue weighted by Crippen LogP contribution is 2.28. The van der Waals surface area contributed by atoms with Crippen LogP contribution in [0.4, 0.5) is 0 Å². The maximum absolute atomic E-state index is 12.9. The minimum atomic E-state index is -1.38. The van der Waals surface area contributed by atoms with Crippen LogP contribution in [0.5, 0.6) is 11.5 Å². The van der Waals surface area contributed by atoms with Crippen LogP contribution in [0.1, 0.15) is 25.3 Å². The average Bonchev–Trinajstić information content (AvgIpc) is 3.16. The molecule has 0 bridgehead atoms. The molecular formula is C27H40ClN3O4S2. The Morgan fingerprint density at radius 1 is 1.24 bits per heavy atom. The Bertz CT molecular complexity index is 982. The number of hydrogen-bond donors (Lipinski definition) is 2. The van der Waals surface area contributed by atoms with Gasteiger partial charge in [0.05, 0.1) is 18.5 Å². The van der Waals surface area contributed by atoms with Crippen LogP contribution in [-0.4, -0.2) is 68.4 Å². The van der Waals surface area contributed by atoms with Gasteiger partial charge in [-0.2, -0.15) is 0 Å². The molecule has 2 rings (SSSR count). The lowest BCUT2D eigenvalue weighted by molar-refractivity contribution is 0.286. The smallest absolute Gasteiger partial charge is 0.160 e. The van der Waals surface area contributed by atoms with Crippen molar-refractivity contribution >= 4 is 34.3 Å². The third-order valence-corrected chi connectivity index (χ3v) is 8.17. The predicted octanol–water partition coefficient (Wildman–Crippen LogP) is 4.95. The number of halogens is 1. The van der Waals surface area contributed by atoms with Gasteiger partial charge in [-0.25, -0.2) is 8.93 Å². The molecule has 0 amide bonds. The second kappa shape index (κ2) is 18.4. The first-order chi connectivity index (χ1) is 18.0. The van der Waals surface area contributed by atoms with E-state index in [1.165, 1.54) is 11.8 Å². The summed E-state index contributed by atoms with van der Waals surface area (Å²) in [5.74, 6) is 2.75. The number of benzene rings is 1. The fraction of sp³-hybridized carbons (Fsp3) is 0.481. The van der Waals surface area contributed by atoms with Gasteiger partial charge in [0.2, 0.25) is 0 Å². The van der Waals surface area contributed by atoms with Crippen LogP contribution in [0.15, 0.2) is 64.3 Å². The second-order valence-corrected chi connectivity index (χ2v) is 10.9. The molecule has 0 radical (unpaired) electrons. The zero-order valence-corrected chi connectivity index (χ0v) is 24.6. The van der Waals surface area contributed by atoms with Gasteiger partial charge in [-0.05, 0) is 62.2 Å². The Labute approximate surface area is 233 Å². The first-order valence-corrected chi connectivity index (χ1v) is 15.1. The lowest BCUT2D eigenvalue weighted by Gasteiger charge is -2.21. The van der Waals surface area contributed by atoms with Crippen LogP contribution >= 0.6 is 23.4 Å². The first kappa shape index (κ1) is 31.3. The van der Waals surface area contributed by atoms with Crippen molar-refractivity contribution in [3.8, 4) is 11.5 Å². The Kier molecular flexibility index (Phi) is 15.5. The van der Waals surface area contributed by atoms with E-state index in [4.69, 9.17) is 25.8 Å². The van der Waals surface area contributed by atoms with E-state index in [1.54, 1.807) is 20.3 Å². The molecule has 1 aromatic carbocycles. The predicted molar refractivity (Wildman–Crippen MR) is 157 cm³/mol. The van der Waals surface area contributed by atoms with Crippen LogP contribution in [0.2, 0.25) is 0 Å². The maximum atomic E-state index is 12.9. The molecule has 0 spiro atoms. The monoisotopic (exact) mass is 569 g/mol. The summed E-state index contributed by atoms with van der Waals surface area (Å²) in [5, 5.41) is 3.36. The van der Waals surface area contributed by atoms with Crippen molar-refractivity contribution in [3.63, 3.8) is 0 Å². The van der Waals surface area contributed by atoms with Gasteiger partial charge in [0, 0.05) is 37.8 Å². The van der Waals surface area contributed by atoms with Gasteiger partial charge in [-0.1, -0.05) is 36.9 Å². The molecule has 0 heterocycles. The molecule has 0 saturated heterocycles. The molecule has 1 aliphatic carbocycles. The standard InChI is InChI=1S/C27H40ClN3O4S2/c1-5-29-16-8-18-31(2)23-9-6-7-10-24(20-23)35-21-36-27(13-15-28)37(32)30-17-14-22-11-12-25(33-3)26(19-22)34-4/h7,9-13,19-20,29-30H,5-6,8,14-18,21H2,1-4H3/b27-13+. The lowest BCUT2D eigenvalue weighted by atomic mass is 10.1. The zero-order valence-electron chi connectivity index (χ0n) is 22.3. The Hall–Kier alpha value is -1.91. The van der Waals surface area contributed by atoms with Gasteiger partial charge in [-0.3, -0.25) is 0 Å². The molecule has 1 unspecified atom stereocenters. The summed E-state index contributed by atoms with van der Waals surface area (Å²) in [6.07, 6.45) is 12.7. The number of hydrogen-bond acceptors (Lipinski definition) is 7. The van der Waals surface area contributed by atoms with Gasteiger partial charge >= 0.3 is 0 Å².